The van der Waals surface area contributed by atoms with E-state index in [2.05, 4.69) is 5.32 Å². The molecular formula is C15H14ClN3O3. The molecule has 0 spiro atoms. The van der Waals surface area contributed by atoms with Crippen molar-refractivity contribution >= 4 is 28.9 Å². The predicted molar refractivity (Wildman–Crippen MR) is 85.1 cm³/mol. The van der Waals surface area contributed by atoms with Gasteiger partial charge >= 0.3 is 0 Å². The minimum absolute atomic E-state index is 0.0904. The van der Waals surface area contributed by atoms with Gasteiger partial charge in [0.05, 0.1) is 4.92 Å². The van der Waals surface area contributed by atoms with Crippen molar-refractivity contribution in [2.75, 3.05) is 5.32 Å². The van der Waals surface area contributed by atoms with Gasteiger partial charge in [0.15, 0.2) is 0 Å². The van der Waals surface area contributed by atoms with Crippen molar-refractivity contribution < 1.29 is 9.72 Å². The average molecular weight is 320 g/mol. The molecule has 2 aromatic rings. The second kappa shape index (κ2) is 6.44. The van der Waals surface area contributed by atoms with Gasteiger partial charge in [-0.1, -0.05) is 23.7 Å². The quantitative estimate of drug-likeness (QED) is 0.650. The van der Waals surface area contributed by atoms with Crippen molar-refractivity contribution in [1.82, 2.24) is 0 Å². The molecule has 3 N–H and O–H groups in total. The number of nitro groups is 1. The third-order valence-corrected chi connectivity index (χ3v) is 3.43. The molecule has 2 rings (SSSR count). The highest BCUT2D eigenvalue weighted by Gasteiger charge is 2.18. The zero-order chi connectivity index (χ0) is 16.3. The number of carbonyl (C=O) groups is 1. The Balaban J connectivity index is 2.32. The molecule has 0 saturated heterocycles. The van der Waals surface area contributed by atoms with Gasteiger partial charge in [-0.3, -0.25) is 14.9 Å². The topological polar surface area (TPSA) is 98.3 Å². The van der Waals surface area contributed by atoms with Crippen LogP contribution in [0.1, 0.15) is 28.9 Å². The van der Waals surface area contributed by atoms with Gasteiger partial charge in [-0.15, -0.1) is 0 Å². The molecule has 0 radical (unpaired) electrons. The Kier molecular flexibility index (Phi) is 4.62. The molecule has 22 heavy (non-hydrogen) atoms. The predicted octanol–water partition coefficient (Wildman–Crippen LogP) is 3.52. The molecule has 2 aromatic carbocycles. The third-order valence-electron chi connectivity index (χ3n) is 3.20. The Morgan fingerprint density at radius 1 is 1.32 bits per heavy atom. The Labute approximate surface area is 132 Å². The summed E-state index contributed by atoms with van der Waals surface area (Å²) in [5.74, 6) is -0.711. The van der Waals surface area contributed by atoms with Crippen LogP contribution in [0.5, 0.6) is 0 Å². The fourth-order valence-electron chi connectivity index (χ4n) is 2.05. The van der Waals surface area contributed by atoms with E-state index in [9.17, 15) is 14.9 Å². The van der Waals surface area contributed by atoms with Gasteiger partial charge in [0.25, 0.3) is 5.69 Å². The van der Waals surface area contributed by atoms with E-state index in [-0.39, 0.29) is 17.3 Å². The van der Waals surface area contributed by atoms with Crippen LogP contribution in [-0.4, -0.2) is 10.8 Å². The summed E-state index contributed by atoms with van der Waals surface area (Å²) in [6, 6.07) is 11.1. The highest BCUT2D eigenvalue weighted by atomic mass is 35.5. The molecule has 0 saturated carbocycles. The number of hydrogen-bond acceptors (Lipinski definition) is 4. The molecule has 7 heteroatoms. The van der Waals surface area contributed by atoms with E-state index < -0.39 is 10.8 Å². The number of halogens is 1. The van der Waals surface area contributed by atoms with Crippen molar-refractivity contribution in [3.05, 3.63) is 68.7 Å². The fourth-order valence-corrected chi connectivity index (χ4v) is 2.25. The first kappa shape index (κ1) is 15.8. The summed E-state index contributed by atoms with van der Waals surface area (Å²) in [5.41, 5.74) is 6.23. The van der Waals surface area contributed by atoms with Crippen LogP contribution in [0.25, 0.3) is 0 Å². The van der Waals surface area contributed by atoms with Crippen LogP contribution < -0.4 is 11.1 Å². The zero-order valence-electron chi connectivity index (χ0n) is 11.7. The molecule has 1 atom stereocenters. The molecule has 0 aromatic heterocycles. The van der Waals surface area contributed by atoms with Gasteiger partial charge in [0, 0.05) is 22.7 Å². The van der Waals surface area contributed by atoms with Crippen LogP contribution in [0.3, 0.4) is 0 Å². The Bertz CT molecular complexity index is 734. The lowest BCUT2D eigenvalue weighted by molar-refractivity contribution is -0.384. The number of nitrogens with zero attached hydrogens (tertiary/aromatic N) is 1. The number of primary amides is 1. The van der Waals surface area contributed by atoms with Crippen LogP contribution >= 0.6 is 11.6 Å². The van der Waals surface area contributed by atoms with Gasteiger partial charge in [-0.2, -0.15) is 0 Å². The molecule has 0 bridgehead atoms. The second-order valence-corrected chi connectivity index (χ2v) is 5.21. The summed E-state index contributed by atoms with van der Waals surface area (Å²) in [6.07, 6.45) is 0. The number of amides is 1. The van der Waals surface area contributed by atoms with E-state index in [4.69, 9.17) is 17.3 Å². The molecule has 0 aliphatic rings. The van der Waals surface area contributed by atoms with Gasteiger partial charge in [0.2, 0.25) is 5.91 Å². The van der Waals surface area contributed by atoms with Crippen LogP contribution in [0, 0.1) is 10.1 Å². The first-order chi connectivity index (χ1) is 10.4. The molecule has 0 fully saturated rings. The first-order valence-electron chi connectivity index (χ1n) is 6.48. The lowest BCUT2D eigenvalue weighted by Crippen LogP contribution is -2.13. The zero-order valence-corrected chi connectivity index (χ0v) is 12.5. The Morgan fingerprint density at radius 2 is 2.05 bits per heavy atom. The van der Waals surface area contributed by atoms with Gasteiger partial charge in [-0.25, -0.2) is 0 Å². The van der Waals surface area contributed by atoms with Crippen LogP contribution in [0.4, 0.5) is 11.4 Å². The minimum atomic E-state index is -0.711. The molecule has 6 nitrogen and oxygen atoms in total. The summed E-state index contributed by atoms with van der Waals surface area (Å²) in [5, 5.41) is 14.8. The molecule has 0 aliphatic heterocycles. The summed E-state index contributed by atoms with van der Waals surface area (Å²) in [7, 11) is 0. The number of nitrogens with one attached hydrogen (secondary N) is 1. The highest BCUT2D eigenvalue weighted by molar-refractivity contribution is 6.30. The molecule has 1 unspecified atom stereocenters. The maximum Gasteiger partial charge on any atom is 0.293 e. The lowest BCUT2D eigenvalue weighted by Gasteiger charge is -2.16. The first-order valence-corrected chi connectivity index (χ1v) is 6.86. The average Bonchev–Trinajstić information content (AvgIpc) is 2.47. The van der Waals surface area contributed by atoms with E-state index in [1.54, 1.807) is 18.2 Å². The fraction of sp³-hybridized carbons (Fsp3) is 0.133. The molecule has 0 aliphatic carbocycles. The van der Waals surface area contributed by atoms with Crippen LogP contribution in [-0.2, 0) is 0 Å². The van der Waals surface area contributed by atoms with E-state index in [1.807, 2.05) is 13.0 Å². The SMILES string of the molecule is CC(Nc1ccc(C(N)=O)cc1[N+](=O)[O-])c1cccc(Cl)c1. The number of anilines is 1. The summed E-state index contributed by atoms with van der Waals surface area (Å²) in [4.78, 5) is 21.7. The maximum absolute atomic E-state index is 11.2. The number of hydrogen-bond donors (Lipinski definition) is 2. The number of rotatable bonds is 5. The summed E-state index contributed by atoms with van der Waals surface area (Å²) < 4.78 is 0. The standard InChI is InChI=1S/C15H14ClN3O3/c1-9(10-3-2-4-12(16)7-10)18-13-6-5-11(15(17)20)8-14(13)19(21)22/h2-9,18H,1H3,(H2,17,20). The van der Waals surface area contributed by atoms with Crippen LogP contribution in [0.15, 0.2) is 42.5 Å². The smallest absolute Gasteiger partial charge is 0.293 e. The van der Waals surface area contributed by atoms with Crippen molar-refractivity contribution in [2.45, 2.75) is 13.0 Å². The third kappa shape index (κ3) is 3.53. The number of nitro benzene ring substituents is 1. The van der Waals surface area contributed by atoms with Gasteiger partial charge in [0.1, 0.15) is 5.69 Å². The molecule has 0 heterocycles. The van der Waals surface area contributed by atoms with E-state index >= 15 is 0 Å². The number of nitrogens with two attached hydrogens (primary N) is 1. The van der Waals surface area contributed by atoms with Crippen molar-refractivity contribution in [3.8, 4) is 0 Å². The monoisotopic (exact) mass is 319 g/mol. The maximum atomic E-state index is 11.2. The molecular weight excluding hydrogens is 306 g/mol. The van der Waals surface area contributed by atoms with Crippen LogP contribution in [0.2, 0.25) is 5.02 Å². The van der Waals surface area contributed by atoms with E-state index in [1.165, 1.54) is 12.1 Å². The van der Waals surface area contributed by atoms with Crippen molar-refractivity contribution in [3.63, 3.8) is 0 Å². The van der Waals surface area contributed by atoms with Gasteiger partial charge in [-0.05, 0) is 36.8 Å². The largest absolute Gasteiger partial charge is 0.373 e. The van der Waals surface area contributed by atoms with E-state index in [0.29, 0.717) is 10.7 Å². The highest BCUT2D eigenvalue weighted by Crippen LogP contribution is 2.29. The normalized spacial score (nSPS) is 11.7. The summed E-state index contributed by atoms with van der Waals surface area (Å²) >= 11 is 5.94. The lowest BCUT2D eigenvalue weighted by atomic mass is 10.1. The van der Waals surface area contributed by atoms with Crippen molar-refractivity contribution in [1.29, 1.82) is 0 Å². The molecule has 1 amide bonds. The minimum Gasteiger partial charge on any atom is -0.373 e. The molecule has 114 valence electrons. The second-order valence-electron chi connectivity index (χ2n) is 4.77. The van der Waals surface area contributed by atoms with E-state index in [0.717, 1.165) is 11.6 Å². The summed E-state index contributed by atoms with van der Waals surface area (Å²) in [6.45, 7) is 1.86. The van der Waals surface area contributed by atoms with Gasteiger partial charge < -0.3 is 11.1 Å². The van der Waals surface area contributed by atoms with Crippen molar-refractivity contribution in [2.24, 2.45) is 5.73 Å². The Morgan fingerprint density at radius 3 is 2.64 bits per heavy atom. The Hall–Kier alpha value is -2.60. The number of benzene rings is 2. The number of carbonyl (C=O) groups excluding carboxylic acids is 1.